The van der Waals surface area contributed by atoms with E-state index in [1.54, 1.807) is 19.2 Å². The normalized spacial score (nSPS) is 9.79. The van der Waals surface area contributed by atoms with E-state index in [1.165, 1.54) is 0 Å². The molecule has 0 spiro atoms. The first-order valence-electron chi connectivity index (χ1n) is 4.27. The lowest BCUT2D eigenvalue weighted by molar-refractivity contribution is -0.136. The highest BCUT2D eigenvalue weighted by Gasteiger charge is 2.02. The maximum atomic E-state index is 10.3. The third-order valence-corrected chi connectivity index (χ3v) is 1.92. The molecule has 0 heterocycles. The van der Waals surface area contributed by atoms with Gasteiger partial charge in [-0.15, -0.1) is 0 Å². The Balaban J connectivity index is 2.71. The quantitative estimate of drug-likeness (QED) is 0.710. The summed E-state index contributed by atoms with van der Waals surface area (Å²) in [5.74, 6) is -0.191. The summed E-state index contributed by atoms with van der Waals surface area (Å²) >= 11 is 0. The van der Waals surface area contributed by atoms with Gasteiger partial charge in [-0.1, -0.05) is 6.07 Å². The maximum absolute atomic E-state index is 10.3. The third kappa shape index (κ3) is 2.65. The number of hydrogen-bond acceptors (Lipinski definition) is 3. The SMILES string of the molecule is COc1ccc(CCC(=O)O)cc1N. The van der Waals surface area contributed by atoms with Crippen molar-refractivity contribution < 1.29 is 14.6 Å². The van der Waals surface area contributed by atoms with E-state index in [2.05, 4.69) is 0 Å². The maximum Gasteiger partial charge on any atom is 0.303 e. The van der Waals surface area contributed by atoms with Gasteiger partial charge in [-0.25, -0.2) is 0 Å². The first kappa shape index (κ1) is 10.4. The summed E-state index contributed by atoms with van der Waals surface area (Å²) in [5, 5.41) is 8.49. The number of nitrogens with two attached hydrogens (primary N) is 1. The Morgan fingerprint density at radius 1 is 1.57 bits per heavy atom. The first-order valence-corrected chi connectivity index (χ1v) is 4.27. The second kappa shape index (κ2) is 4.50. The minimum Gasteiger partial charge on any atom is -0.495 e. The molecule has 3 N–H and O–H groups in total. The summed E-state index contributed by atoms with van der Waals surface area (Å²) in [4.78, 5) is 10.3. The number of carboxylic acid groups (broad SMARTS) is 1. The molecule has 0 atom stereocenters. The molecule has 0 aliphatic carbocycles. The highest BCUT2D eigenvalue weighted by Crippen LogP contribution is 2.22. The summed E-state index contributed by atoms with van der Waals surface area (Å²) in [6.45, 7) is 0. The number of methoxy groups -OCH3 is 1. The molecule has 0 radical (unpaired) electrons. The van der Waals surface area contributed by atoms with Crippen molar-refractivity contribution >= 4 is 11.7 Å². The molecule has 4 nitrogen and oxygen atoms in total. The van der Waals surface area contributed by atoms with Crippen LogP contribution in [0.4, 0.5) is 5.69 Å². The number of carbonyl (C=O) groups is 1. The molecule has 0 bridgehead atoms. The molecule has 0 aliphatic heterocycles. The van der Waals surface area contributed by atoms with Crippen molar-refractivity contribution in [3.05, 3.63) is 23.8 Å². The van der Waals surface area contributed by atoms with Gasteiger partial charge in [0, 0.05) is 6.42 Å². The van der Waals surface area contributed by atoms with Gasteiger partial charge >= 0.3 is 5.97 Å². The van der Waals surface area contributed by atoms with Crippen LogP contribution in [0, 0.1) is 0 Å². The van der Waals surface area contributed by atoms with E-state index in [4.69, 9.17) is 15.6 Å². The number of nitrogen functional groups attached to an aromatic ring is 1. The first-order chi connectivity index (χ1) is 6.63. The van der Waals surface area contributed by atoms with E-state index in [0.717, 1.165) is 5.56 Å². The molecule has 0 unspecified atom stereocenters. The summed E-state index contributed by atoms with van der Waals surface area (Å²) in [5.41, 5.74) is 7.11. The number of hydrogen-bond donors (Lipinski definition) is 2. The van der Waals surface area contributed by atoms with Crippen LogP contribution in [-0.4, -0.2) is 18.2 Å². The van der Waals surface area contributed by atoms with Crippen LogP contribution in [0.5, 0.6) is 5.75 Å². The van der Waals surface area contributed by atoms with Gasteiger partial charge in [-0.05, 0) is 24.1 Å². The van der Waals surface area contributed by atoms with Crippen molar-refractivity contribution in [3.8, 4) is 5.75 Å². The monoisotopic (exact) mass is 195 g/mol. The van der Waals surface area contributed by atoms with Crippen molar-refractivity contribution in [2.24, 2.45) is 0 Å². The Labute approximate surface area is 82.3 Å². The number of aliphatic carboxylic acids is 1. The number of rotatable bonds is 4. The summed E-state index contributed by atoms with van der Waals surface area (Å²) < 4.78 is 4.98. The molecule has 1 aromatic rings. The zero-order chi connectivity index (χ0) is 10.6. The molecule has 0 aliphatic rings. The van der Waals surface area contributed by atoms with E-state index in [9.17, 15) is 4.79 Å². The van der Waals surface area contributed by atoms with E-state index >= 15 is 0 Å². The Bertz CT molecular complexity index is 336. The lowest BCUT2D eigenvalue weighted by Gasteiger charge is -2.05. The van der Waals surface area contributed by atoms with Crippen molar-refractivity contribution in [1.82, 2.24) is 0 Å². The molecule has 76 valence electrons. The highest BCUT2D eigenvalue weighted by atomic mass is 16.5. The van der Waals surface area contributed by atoms with Crippen molar-refractivity contribution in [2.45, 2.75) is 12.8 Å². The van der Waals surface area contributed by atoms with E-state index in [-0.39, 0.29) is 6.42 Å². The molecule has 4 heteroatoms. The van der Waals surface area contributed by atoms with Crippen LogP contribution in [0.15, 0.2) is 18.2 Å². The number of aryl methyl sites for hydroxylation is 1. The topological polar surface area (TPSA) is 72.5 Å². The minimum atomic E-state index is -0.806. The van der Waals surface area contributed by atoms with Crippen LogP contribution in [0.1, 0.15) is 12.0 Å². The van der Waals surface area contributed by atoms with Crippen LogP contribution >= 0.6 is 0 Å². The Hall–Kier alpha value is -1.71. The van der Waals surface area contributed by atoms with Crippen molar-refractivity contribution in [2.75, 3.05) is 12.8 Å². The average molecular weight is 195 g/mol. The van der Waals surface area contributed by atoms with Gasteiger partial charge in [-0.2, -0.15) is 0 Å². The Morgan fingerprint density at radius 3 is 2.79 bits per heavy atom. The molecule has 1 rings (SSSR count). The van der Waals surface area contributed by atoms with E-state index in [1.807, 2.05) is 6.07 Å². The molecular formula is C10H13NO3. The van der Waals surface area contributed by atoms with E-state index < -0.39 is 5.97 Å². The predicted octanol–water partition coefficient (Wildman–Crippen LogP) is 1.29. The van der Waals surface area contributed by atoms with Gasteiger partial charge in [0.1, 0.15) is 5.75 Å². The molecule has 1 aromatic carbocycles. The highest BCUT2D eigenvalue weighted by molar-refractivity contribution is 5.67. The van der Waals surface area contributed by atoms with Crippen LogP contribution in [0.2, 0.25) is 0 Å². The van der Waals surface area contributed by atoms with Crippen molar-refractivity contribution in [1.29, 1.82) is 0 Å². The zero-order valence-electron chi connectivity index (χ0n) is 7.99. The van der Waals surface area contributed by atoms with Gasteiger partial charge in [0.25, 0.3) is 0 Å². The van der Waals surface area contributed by atoms with Gasteiger partial charge < -0.3 is 15.6 Å². The van der Waals surface area contributed by atoms with Crippen LogP contribution in [-0.2, 0) is 11.2 Å². The summed E-state index contributed by atoms with van der Waals surface area (Å²) in [6.07, 6.45) is 0.606. The minimum absolute atomic E-state index is 0.117. The standard InChI is InChI=1S/C10H13NO3/c1-14-9-4-2-7(6-8(9)11)3-5-10(12)13/h2,4,6H,3,5,11H2,1H3,(H,12,13). The zero-order valence-corrected chi connectivity index (χ0v) is 7.99. The number of ether oxygens (including phenoxy) is 1. The second-order valence-corrected chi connectivity index (χ2v) is 2.97. The average Bonchev–Trinajstić information content (AvgIpc) is 2.15. The summed E-state index contributed by atoms with van der Waals surface area (Å²) in [7, 11) is 1.54. The second-order valence-electron chi connectivity index (χ2n) is 2.97. The van der Waals surface area contributed by atoms with Gasteiger partial charge in [0.15, 0.2) is 0 Å². The molecule has 0 saturated heterocycles. The fourth-order valence-corrected chi connectivity index (χ4v) is 1.19. The fraction of sp³-hybridized carbons (Fsp3) is 0.300. The summed E-state index contributed by atoms with van der Waals surface area (Å²) in [6, 6.07) is 5.30. The number of carboxylic acids is 1. The molecule has 14 heavy (non-hydrogen) atoms. The molecule has 0 amide bonds. The van der Waals surface area contributed by atoms with Gasteiger partial charge in [0.05, 0.1) is 12.8 Å². The lowest BCUT2D eigenvalue weighted by Crippen LogP contribution is -1.99. The molecule has 0 aromatic heterocycles. The van der Waals surface area contributed by atoms with Gasteiger partial charge in [0.2, 0.25) is 0 Å². The lowest BCUT2D eigenvalue weighted by atomic mass is 10.1. The largest absolute Gasteiger partial charge is 0.495 e. The Kier molecular flexibility index (Phi) is 3.34. The van der Waals surface area contributed by atoms with Crippen LogP contribution < -0.4 is 10.5 Å². The molecule has 0 fully saturated rings. The molecule has 0 saturated carbocycles. The third-order valence-electron chi connectivity index (χ3n) is 1.92. The Morgan fingerprint density at radius 2 is 2.29 bits per heavy atom. The van der Waals surface area contributed by atoms with E-state index in [0.29, 0.717) is 17.9 Å². The predicted molar refractivity (Wildman–Crippen MR) is 53.4 cm³/mol. The number of anilines is 1. The van der Waals surface area contributed by atoms with Crippen LogP contribution in [0.25, 0.3) is 0 Å². The fourth-order valence-electron chi connectivity index (χ4n) is 1.19. The van der Waals surface area contributed by atoms with Crippen LogP contribution in [0.3, 0.4) is 0 Å². The number of benzene rings is 1. The molecular weight excluding hydrogens is 182 g/mol. The van der Waals surface area contributed by atoms with Crippen molar-refractivity contribution in [3.63, 3.8) is 0 Å². The smallest absolute Gasteiger partial charge is 0.303 e. The van der Waals surface area contributed by atoms with Gasteiger partial charge in [-0.3, -0.25) is 4.79 Å².